The van der Waals surface area contributed by atoms with E-state index in [1.165, 1.54) is 11.8 Å². The zero-order chi connectivity index (χ0) is 14.3. The molecule has 1 unspecified atom stereocenters. The van der Waals surface area contributed by atoms with Gasteiger partial charge in [0, 0.05) is 11.8 Å². The average Bonchev–Trinajstić information content (AvgIpc) is 2.72. The second-order valence-electron chi connectivity index (χ2n) is 4.10. The number of carbonyl (C=O) groups excluding carboxylic acids is 1. The molecule has 1 heterocycles. The summed E-state index contributed by atoms with van der Waals surface area (Å²) >= 11 is 3.35. The van der Waals surface area contributed by atoms with Crippen LogP contribution in [0.4, 0.5) is 0 Å². The lowest BCUT2D eigenvalue weighted by atomic mass is 10.2. The van der Waals surface area contributed by atoms with Crippen LogP contribution in [-0.4, -0.2) is 39.5 Å². The van der Waals surface area contributed by atoms with Gasteiger partial charge in [-0.1, -0.05) is 0 Å². The van der Waals surface area contributed by atoms with E-state index in [9.17, 15) is 9.59 Å². The molecule has 2 N–H and O–H groups in total. The molecule has 1 atom stereocenters. The quantitative estimate of drug-likeness (QED) is 0.715. The van der Waals surface area contributed by atoms with Crippen LogP contribution < -0.4 is 5.32 Å². The third-order valence-corrected chi connectivity index (χ3v) is 4.56. The first-order valence-corrected chi connectivity index (χ1v) is 8.00. The van der Waals surface area contributed by atoms with Gasteiger partial charge in [0.25, 0.3) is 0 Å². The molecule has 5 nitrogen and oxygen atoms in total. The van der Waals surface area contributed by atoms with Gasteiger partial charge >= 0.3 is 5.97 Å². The molecule has 0 fully saturated rings. The van der Waals surface area contributed by atoms with Crippen LogP contribution in [0.1, 0.15) is 23.9 Å². The number of aryl methyl sites for hydroxylation is 2. The van der Waals surface area contributed by atoms with Crippen molar-refractivity contribution in [3.8, 4) is 0 Å². The van der Waals surface area contributed by atoms with Crippen molar-refractivity contribution in [1.82, 2.24) is 10.3 Å². The normalized spacial score (nSPS) is 12.1. The van der Waals surface area contributed by atoms with Crippen LogP contribution in [0.15, 0.2) is 5.51 Å². The molecule has 7 heteroatoms. The van der Waals surface area contributed by atoms with Crippen LogP contribution in [0, 0.1) is 6.92 Å². The summed E-state index contributed by atoms with van der Waals surface area (Å²) in [6, 6.07) is -0.782. The molecule has 0 bridgehead atoms. The van der Waals surface area contributed by atoms with Gasteiger partial charge in [0.1, 0.15) is 6.04 Å². The molecule has 0 aliphatic rings. The van der Waals surface area contributed by atoms with E-state index in [1.807, 2.05) is 12.4 Å². The number of thioether (sulfide) groups is 1. The van der Waals surface area contributed by atoms with Crippen LogP contribution in [-0.2, 0) is 16.0 Å². The number of aromatic nitrogens is 1. The highest BCUT2D eigenvalue weighted by atomic mass is 32.2. The smallest absolute Gasteiger partial charge is 0.326 e. The monoisotopic (exact) mass is 302 g/mol. The van der Waals surface area contributed by atoms with Gasteiger partial charge in [-0.25, -0.2) is 9.78 Å². The van der Waals surface area contributed by atoms with Crippen molar-refractivity contribution in [1.29, 1.82) is 0 Å². The zero-order valence-electron chi connectivity index (χ0n) is 11.0. The molecule has 19 heavy (non-hydrogen) atoms. The van der Waals surface area contributed by atoms with E-state index in [0.29, 0.717) is 6.42 Å². The van der Waals surface area contributed by atoms with Gasteiger partial charge in [0.05, 0.1) is 11.2 Å². The van der Waals surface area contributed by atoms with Crippen LogP contribution in [0.25, 0.3) is 0 Å². The zero-order valence-corrected chi connectivity index (χ0v) is 12.6. The van der Waals surface area contributed by atoms with Crippen molar-refractivity contribution < 1.29 is 14.7 Å². The highest BCUT2D eigenvalue weighted by molar-refractivity contribution is 7.99. The molecule has 0 saturated heterocycles. The fourth-order valence-electron chi connectivity index (χ4n) is 1.54. The Bertz CT molecular complexity index is 434. The number of carbonyl (C=O) groups is 2. The number of carboxylic acids is 1. The molecular formula is C12H18N2O3S2. The number of aliphatic carboxylic acids is 1. The highest BCUT2D eigenvalue weighted by Gasteiger charge is 2.17. The van der Waals surface area contributed by atoms with E-state index in [0.717, 1.165) is 23.6 Å². The summed E-state index contributed by atoms with van der Waals surface area (Å²) in [5.41, 5.74) is 2.92. The average molecular weight is 302 g/mol. The largest absolute Gasteiger partial charge is 0.480 e. The van der Waals surface area contributed by atoms with Gasteiger partial charge in [-0.3, -0.25) is 4.79 Å². The van der Waals surface area contributed by atoms with Crippen LogP contribution >= 0.6 is 23.1 Å². The minimum atomic E-state index is -0.978. The number of carboxylic acid groups (broad SMARTS) is 1. The number of rotatable bonds is 8. The number of hydrogen-bond donors (Lipinski definition) is 2. The topological polar surface area (TPSA) is 79.3 Å². The predicted octanol–water partition coefficient (Wildman–Crippen LogP) is 1.71. The van der Waals surface area contributed by atoms with E-state index in [-0.39, 0.29) is 5.91 Å². The molecule has 0 aromatic carbocycles. The van der Waals surface area contributed by atoms with Crippen molar-refractivity contribution in [2.24, 2.45) is 0 Å². The summed E-state index contributed by atoms with van der Waals surface area (Å²) < 4.78 is 0. The summed E-state index contributed by atoms with van der Waals surface area (Å²) in [6.07, 6.45) is 1.40. The fourth-order valence-corrected chi connectivity index (χ4v) is 3.40. The Morgan fingerprint density at radius 1 is 1.53 bits per heavy atom. The minimum Gasteiger partial charge on any atom is -0.480 e. The number of nitrogens with one attached hydrogen (secondary N) is 1. The first kappa shape index (κ1) is 16.0. The maximum absolute atomic E-state index is 10.9. The Morgan fingerprint density at radius 2 is 2.26 bits per heavy atom. The number of nitrogens with zero attached hydrogens (tertiary/aromatic N) is 1. The molecule has 0 radical (unpaired) electrons. The summed E-state index contributed by atoms with van der Waals surface area (Å²) in [7, 11) is 0. The molecule has 106 valence electrons. The minimum absolute atomic E-state index is 0.308. The van der Waals surface area contributed by atoms with E-state index in [4.69, 9.17) is 5.11 Å². The number of amides is 1. The van der Waals surface area contributed by atoms with Crippen molar-refractivity contribution in [3.63, 3.8) is 0 Å². The second kappa shape index (κ2) is 8.16. The van der Waals surface area contributed by atoms with Gasteiger partial charge in [-0.2, -0.15) is 11.8 Å². The lowest BCUT2D eigenvalue weighted by molar-refractivity contribution is -0.141. The standard InChI is InChI=1S/C12H18N2O3S2/c1-8-11(19-7-13-8)4-6-18-5-3-10(12(16)17)14-9(2)15/h7,10H,3-6H2,1-2H3,(H,14,15)(H,16,17). The van der Waals surface area contributed by atoms with Crippen molar-refractivity contribution in [2.75, 3.05) is 11.5 Å². The van der Waals surface area contributed by atoms with Crippen LogP contribution in [0.3, 0.4) is 0 Å². The number of hydrogen-bond acceptors (Lipinski definition) is 5. The van der Waals surface area contributed by atoms with Crippen molar-refractivity contribution in [3.05, 3.63) is 16.1 Å². The molecule has 1 amide bonds. The van der Waals surface area contributed by atoms with Gasteiger partial charge in [-0.05, 0) is 31.3 Å². The Hall–Kier alpha value is -1.08. The Kier molecular flexibility index (Phi) is 6.86. The third-order valence-electron chi connectivity index (χ3n) is 2.54. The summed E-state index contributed by atoms with van der Waals surface area (Å²) in [5, 5.41) is 11.4. The maximum atomic E-state index is 10.9. The number of thiazole rings is 1. The highest BCUT2D eigenvalue weighted by Crippen LogP contribution is 2.16. The lowest BCUT2D eigenvalue weighted by Crippen LogP contribution is -2.39. The van der Waals surface area contributed by atoms with Gasteiger partial charge < -0.3 is 10.4 Å². The van der Waals surface area contributed by atoms with Crippen LogP contribution in [0.5, 0.6) is 0 Å². The lowest BCUT2D eigenvalue weighted by Gasteiger charge is -2.12. The van der Waals surface area contributed by atoms with Gasteiger partial charge in [0.2, 0.25) is 5.91 Å². The Morgan fingerprint density at radius 3 is 2.79 bits per heavy atom. The van der Waals surface area contributed by atoms with Gasteiger partial charge in [-0.15, -0.1) is 11.3 Å². The predicted molar refractivity (Wildman–Crippen MR) is 77.7 cm³/mol. The Labute approximate surface area is 120 Å². The summed E-state index contributed by atoms with van der Waals surface area (Å²) in [6.45, 7) is 3.32. The third kappa shape index (κ3) is 6.07. The van der Waals surface area contributed by atoms with E-state index < -0.39 is 12.0 Å². The van der Waals surface area contributed by atoms with Crippen LogP contribution in [0.2, 0.25) is 0 Å². The first-order valence-electron chi connectivity index (χ1n) is 5.97. The molecule has 0 saturated carbocycles. The molecule has 0 aliphatic heterocycles. The van der Waals surface area contributed by atoms with E-state index >= 15 is 0 Å². The molecule has 1 aromatic rings. The summed E-state index contributed by atoms with van der Waals surface area (Å²) in [4.78, 5) is 27.2. The summed E-state index contributed by atoms with van der Waals surface area (Å²) in [5.74, 6) is 0.372. The van der Waals surface area contributed by atoms with Crippen molar-refractivity contribution >= 4 is 35.0 Å². The van der Waals surface area contributed by atoms with E-state index in [2.05, 4.69) is 10.3 Å². The van der Waals surface area contributed by atoms with Crippen molar-refractivity contribution in [2.45, 2.75) is 32.7 Å². The van der Waals surface area contributed by atoms with Gasteiger partial charge in [0.15, 0.2) is 0 Å². The Balaban J connectivity index is 2.20. The second-order valence-corrected chi connectivity index (χ2v) is 6.27. The fraction of sp³-hybridized carbons (Fsp3) is 0.583. The molecule has 1 aromatic heterocycles. The maximum Gasteiger partial charge on any atom is 0.326 e. The molecule has 0 spiro atoms. The molecule has 1 rings (SSSR count). The SMILES string of the molecule is CC(=O)NC(CCSCCc1scnc1C)C(=O)O. The van der Waals surface area contributed by atoms with E-state index in [1.54, 1.807) is 23.1 Å². The molecule has 0 aliphatic carbocycles. The molecular weight excluding hydrogens is 284 g/mol. The first-order chi connectivity index (χ1) is 9.00.